The van der Waals surface area contributed by atoms with E-state index >= 15 is 0 Å². The molecule has 1 atom stereocenters. The summed E-state index contributed by atoms with van der Waals surface area (Å²) in [7, 11) is -2.76. The zero-order valence-electron chi connectivity index (χ0n) is 27.7. The first-order valence-electron chi connectivity index (χ1n) is 16.4. The second-order valence-electron chi connectivity index (χ2n) is 14.2. The molecule has 0 unspecified atom stereocenters. The monoisotopic (exact) mass is 595 g/mol. The van der Waals surface area contributed by atoms with E-state index in [1.807, 2.05) is 11.0 Å². The van der Waals surface area contributed by atoms with Crippen molar-refractivity contribution in [3.8, 4) is 0 Å². The van der Waals surface area contributed by atoms with Gasteiger partial charge in [-0.15, -0.1) is 0 Å². The highest BCUT2D eigenvalue weighted by Crippen LogP contribution is 2.39. The number of aryl methyl sites for hydroxylation is 1. The molecule has 0 aliphatic carbocycles. The van der Waals surface area contributed by atoms with Crippen molar-refractivity contribution in [3.05, 3.63) is 102 Å². The Morgan fingerprint density at radius 2 is 1.26 bits per heavy atom. The minimum absolute atomic E-state index is 0.0645. The lowest BCUT2D eigenvalue weighted by atomic mass is 9.96. The average molecular weight is 596 g/mol. The fourth-order valence-corrected chi connectivity index (χ4v) is 11.3. The molecule has 3 aromatic carbocycles. The molecular weight excluding hydrogens is 543 g/mol. The van der Waals surface area contributed by atoms with Gasteiger partial charge >= 0.3 is 0 Å². The fourth-order valence-electron chi connectivity index (χ4n) is 6.77. The fraction of sp³-hybridized carbons (Fsp3) is 0.462. The maximum Gasteiger partial charge on any atom is 0.261 e. The van der Waals surface area contributed by atoms with E-state index in [0.29, 0.717) is 6.61 Å². The molecule has 1 amide bonds. The largest absolute Gasteiger partial charge is 0.405 e. The SMILES string of the molecule is CCCCCCCCc1ccc(C2=CC(=O)N(C(C)(C)C)[C@H]2CO[Si](c2ccccc2)(c2ccccc2)C(C)(C)C)cc1. The minimum atomic E-state index is -2.76. The van der Waals surface area contributed by atoms with Gasteiger partial charge in [0.15, 0.2) is 0 Å². The van der Waals surface area contributed by atoms with E-state index in [9.17, 15) is 4.79 Å². The summed E-state index contributed by atoms with van der Waals surface area (Å²) in [6, 6.07) is 30.3. The van der Waals surface area contributed by atoms with E-state index in [-0.39, 0.29) is 22.5 Å². The summed E-state index contributed by atoms with van der Waals surface area (Å²) in [4.78, 5) is 15.6. The van der Waals surface area contributed by atoms with Gasteiger partial charge in [-0.3, -0.25) is 4.79 Å². The predicted octanol–water partition coefficient (Wildman–Crippen LogP) is 8.56. The van der Waals surface area contributed by atoms with E-state index in [1.165, 1.54) is 54.5 Å². The first kappa shape index (κ1) is 33.0. The minimum Gasteiger partial charge on any atom is -0.405 e. The Balaban J connectivity index is 1.64. The van der Waals surface area contributed by atoms with E-state index in [2.05, 4.69) is 133 Å². The number of carbonyl (C=O) groups excluding carboxylic acids is 1. The van der Waals surface area contributed by atoms with Gasteiger partial charge < -0.3 is 9.33 Å². The summed E-state index contributed by atoms with van der Waals surface area (Å²) in [5.74, 6) is 0.0645. The quantitative estimate of drug-likeness (QED) is 0.146. The van der Waals surface area contributed by atoms with E-state index in [1.54, 1.807) is 0 Å². The summed E-state index contributed by atoms with van der Waals surface area (Å²) in [5, 5.41) is 2.38. The standard InChI is InChI=1S/C39H53NO2Si/c1-8-9-10-11-12-15-20-31-25-27-32(28-26-31)35-29-37(41)40(38(2,3)4)36(35)30-42-43(39(5,6)7,33-21-16-13-17-22-33)34-23-18-14-19-24-34/h13-14,16-19,21-29,36H,8-12,15,20,30H2,1-7H3/t36-/m0/s1. The molecule has 0 bridgehead atoms. The predicted molar refractivity (Wildman–Crippen MR) is 185 cm³/mol. The van der Waals surface area contributed by atoms with Crippen LogP contribution in [0, 0.1) is 0 Å². The first-order chi connectivity index (χ1) is 20.5. The molecule has 0 saturated carbocycles. The van der Waals surface area contributed by atoms with Gasteiger partial charge in [0.1, 0.15) is 0 Å². The molecule has 4 heteroatoms. The van der Waals surface area contributed by atoms with Crippen molar-refractivity contribution in [2.24, 2.45) is 0 Å². The van der Waals surface area contributed by atoms with Crippen molar-refractivity contribution >= 4 is 30.2 Å². The molecule has 0 aromatic heterocycles. The van der Waals surface area contributed by atoms with E-state index < -0.39 is 8.32 Å². The molecule has 230 valence electrons. The number of benzene rings is 3. The van der Waals surface area contributed by atoms with Crippen LogP contribution >= 0.6 is 0 Å². The molecule has 0 N–H and O–H groups in total. The molecule has 0 fully saturated rings. The van der Waals surface area contributed by atoms with Gasteiger partial charge in [-0.05, 0) is 65.7 Å². The highest BCUT2D eigenvalue weighted by atomic mass is 28.4. The summed E-state index contributed by atoms with van der Waals surface area (Å²) < 4.78 is 7.40. The Kier molecular flexibility index (Phi) is 10.9. The van der Waals surface area contributed by atoms with Crippen molar-refractivity contribution < 1.29 is 9.22 Å². The molecule has 4 rings (SSSR count). The van der Waals surface area contributed by atoms with Gasteiger partial charge in [-0.1, -0.05) is 145 Å². The third-order valence-electron chi connectivity index (χ3n) is 8.89. The lowest BCUT2D eigenvalue weighted by molar-refractivity contribution is -0.131. The van der Waals surface area contributed by atoms with Crippen LogP contribution in [0.4, 0.5) is 0 Å². The van der Waals surface area contributed by atoms with Crippen LogP contribution in [0.15, 0.2) is 91.0 Å². The maximum absolute atomic E-state index is 13.6. The summed E-state index contributed by atoms with van der Waals surface area (Å²) >= 11 is 0. The van der Waals surface area contributed by atoms with Gasteiger partial charge in [0.2, 0.25) is 5.91 Å². The van der Waals surface area contributed by atoms with Crippen molar-refractivity contribution in [1.29, 1.82) is 0 Å². The third-order valence-corrected chi connectivity index (χ3v) is 13.9. The van der Waals surface area contributed by atoms with Crippen LogP contribution in [-0.2, 0) is 15.6 Å². The number of rotatable bonds is 13. The Morgan fingerprint density at radius 3 is 1.77 bits per heavy atom. The number of hydrogen-bond donors (Lipinski definition) is 0. The van der Waals surface area contributed by atoms with Crippen LogP contribution in [0.2, 0.25) is 5.04 Å². The van der Waals surface area contributed by atoms with Crippen LogP contribution in [0.1, 0.15) is 98.1 Å². The van der Waals surface area contributed by atoms with Crippen molar-refractivity contribution in [3.63, 3.8) is 0 Å². The maximum atomic E-state index is 13.6. The van der Waals surface area contributed by atoms with Gasteiger partial charge in [0.25, 0.3) is 8.32 Å². The molecule has 43 heavy (non-hydrogen) atoms. The Morgan fingerprint density at radius 1 is 0.721 bits per heavy atom. The lowest BCUT2D eigenvalue weighted by Gasteiger charge is -2.45. The van der Waals surface area contributed by atoms with E-state index in [4.69, 9.17) is 4.43 Å². The number of hydrogen-bond acceptors (Lipinski definition) is 2. The number of nitrogens with zero attached hydrogens (tertiary/aromatic N) is 1. The van der Waals surface area contributed by atoms with Crippen LogP contribution in [0.3, 0.4) is 0 Å². The summed E-state index contributed by atoms with van der Waals surface area (Å²) in [6.07, 6.45) is 10.8. The Hall–Kier alpha value is -2.95. The van der Waals surface area contributed by atoms with Gasteiger partial charge in [0.05, 0.1) is 12.6 Å². The summed E-state index contributed by atoms with van der Waals surface area (Å²) in [6.45, 7) is 16.0. The smallest absolute Gasteiger partial charge is 0.261 e. The second kappa shape index (κ2) is 14.2. The normalized spacial score (nSPS) is 16.1. The molecule has 0 radical (unpaired) electrons. The zero-order valence-corrected chi connectivity index (χ0v) is 28.7. The second-order valence-corrected chi connectivity index (χ2v) is 18.5. The molecular formula is C39H53NO2Si. The Labute approximate surface area is 262 Å². The summed E-state index contributed by atoms with van der Waals surface area (Å²) in [5.41, 5.74) is 3.20. The van der Waals surface area contributed by atoms with Crippen LogP contribution < -0.4 is 10.4 Å². The van der Waals surface area contributed by atoms with Crippen LogP contribution in [0.5, 0.6) is 0 Å². The molecule has 0 saturated heterocycles. The first-order valence-corrected chi connectivity index (χ1v) is 18.3. The molecule has 3 aromatic rings. The molecule has 1 aliphatic rings. The molecule has 1 aliphatic heterocycles. The molecule has 3 nitrogen and oxygen atoms in total. The van der Waals surface area contributed by atoms with Gasteiger partial charge in [-0.2, -0.15) is 0 Å². The van der Waals surface area contributed by atoms with Crippen molar-refractivity contribution in [2.45, 2.75) is 110 Å². The van der Waals surface area contributed by atoms with Gasteiger partial charge in [-0.25, -0.2) is 0 Å². The van der Waals surface area contributed by atoms with Crippen LogP contribution in [0.25, 0.3) is 5.57 Å². The lowest BCUT2D eigenvalue weighted by Crippen LogP contribution is -2.67. The van der Waals surface area contributed by atoms with Gasteiger partial charge in [0, 0.05) is 11.6 Å². The number of amides is 1. The Bertz CT molecular complexity index is 1290. The zero-order chi connectivity index (χ0) is 31.1. The topological polar surface area (TPSA) is 29.5 Å². The highest BCUT2D eigenvalue weighted by molar-refractivity contribution is 6.99. The molecule has 0 spiro atoms. The average Bonchev–Trinajstić information content (AvgIpc) is 3.32. The van der Waals surface area contributed by atoms with Crippen molar-refractivity contribution in [2.75, 3.05) is 6.61 Å². The van der Waals surface area contributed by atoms with E-state index in [0.717, 1.165) is 17.6 Å². The highest BCUT2D eigenvalue weighted by Gasteiger charge is 2.51. The molecule has 1 heterocycles. The number of carbonyl (C=O) groups is 1. The number of unbranched alkanes of at least 4 members (excludes halogenated alkanes) is 5. The van der Waals surface area contributed by atoms with Crippen molar-refractivity contribution in [1.82, 2.24) is 4.90 Å². The van der Waals surface area contributed by atoms with Crippen LogP contribution in [-0.4, -0.2) is 37.3 Å². The third kappa shape index (κ3) is 7.59.